The lowest BCUT2D eigenvalue weighted by atomic mass is 10.1. The summed E-state index contributed by atoms with van der Waals surface area (Å²) in [7, 11) is 1.52. The van der Waals surface area contributed by atoms with Gasteiger partial charge in [0.1, 0.15) is 0 Å². The molecule has 0 heterocycles. The van der Waals surface area contributed by atoms with E-state index in [4.69, 9.17) is 9.47 Å². The van der Waals surface area contributed by atoms with Crippen LogP contribution in [0.3, 0.4) is 0 Å². The Kier molecular flexibility index (Phi) is 4.64. The number of ether oxygens (including phenoxy) is 2. The molecule has 88 valence electrons. The zero-order chi connectivity index (χ0) is 12.0. The second-order valence-electron chi connectivity index (χ2n) is 3.38. The third-order valence-corrected chi connectivity index (χ3v) is 2.04. The second kappa shape index (κ2) is 6.00. The molecule has 0 unspecified atom stereocenters. The van der Waals surface area contributed by atoms with Crippen molar-refractivity contribution in [2.45, 2.75) is 19.8 Å². The minimum Gasteiger partial charge on any atom is -0.550 e. The topological polar surface area (TPSA) is 58.6 Å². The molecule has 0 saturated heterocycles. The molecule has 0 bridgehead atoms. The van der Waals surface area contributed by atoms with Crippen LogP contribution in [0.1, 0.15) is 18.9 Å². The minimum atomic E-state index is -1.11. The van der Waals surface area contributed by atoms with Crippen molar-refractivity contribution in [3.8, 4) is 11.5 Å². The van der Waals surface area contributed by atoms with E-state index >= 15 is 0 Å². The first-order valence-electron chi connectivity index (χ1n) is 5.17. The summed E-state index contributed by atoms with van der Waals surface area (Å²) in [4.78, 5) is 10.4. The molecule has 0 aromatic heterocycles. The molecule has 0 aliphatic carbocycles. The minimum absolute atomic E-state index is 0.121. The molecule has 4 nitrogen and oxygen atoms in total. The smallest absolute Gasteiger partial charge is 0.161 e. The van der Waals surface area contributed by atoms with E-state index in [0.717, 1.165) is 6.42 Å². The summed E-state index contributed by atoms with van der Waals surface area (Å²) in [5.74, 6) is 0.0722. The molecule has 0 atom stereocenters. The van der Waals surface area contributed by atoms with Crippen molar-refractivity contribution in [2.75, 3.05) is 13.7 Å². The van der Waals surface area contributed by atoms with Crippen molar-refractivity contribution in [2.24, 2.45) is 0 Å². The van der Waals surface area contributed by atoms with Gasteiger partial charge in [0, 0.05) is 12.4 Å². The Bertz CT molecular complexity index is 360. The molecule has 0 radical (unpaired) electrons. The van der Waals surface area contributed by atoms with Gasteiger partial charge in [-0.25, -0.2) is 0 Å². The predicted octanol–water partition coefficient (Wildman–Crippen LogP) is 0.776. The Balaban J connectivity index is 2.83. The van der Waals surface area contributed by atoms with Crippen molar-refractivity contribution < 1.29 is 19.4 Å². The van der Waals surface area contributed by atoms with E-state index in [0.29, 0.717) is 23.7 Å². The lowest BCUT2D eigenvalue weighted by Gasteiger charge is -2.11. The van der Waals surface area contributed by atoms with Crippen LogP contribution in [-0.2, 0) is 11.2 Å². The molecule has 0 fully saturated rings. The Morgan fingerprint density at radius 3 is 2.69 bits per heavy atom. The summed E-state index contributed by atoms with van der Waals surface area (Å²) in [5.41, 5.74) is 0.640. The fourth-order valence-corrected chi connectivity index (χ4v) is 1.32. The van der Waals surface area contributed by atoms with Crippen molar-refractivity contribution in [1.29, 1.82) is 0 Å². The van der Waals surface area contributed by atoms with Gasteiger partial charge in [0.2, 0.25) is 0 Å². The molecule has 1 rings (SSSR count). The largest absolute Gasteiger partial charge is 0.550 e. The van der Waals surface area contributed by atoms with Crippen LogP contribution >= 0.6 is 0 Å². The average molecular weight is 223 g/mol. The molecule has 4 heteroatoms. The summed E-state index contributed by atoms with van der Waals surface area (Å²) in [6.45, 7) is 2.62. The van der Waals surface area contributed by atoms with E-state index < -0.39 is 5.97 Å². The van der Waals surface area contributed by atoms with Crippen LogP contribution in [-0.4, -0.2) is 19.7 Å². The number of benzene rings is 1. The van der Waals surface area contributed by atoms with Crippen molar-refractivity contribution in [1.82, 2.24) is 0 Å². The molecule has 16 heavy (non-hydrogen) atoms. The van der Waals surface area contributed by atoms with Gasteiger partial charge in [0.15, 0.2) is 11.5 Å². The molecular formula is C12H15O4-. The predicted molar refractivity (Wildman–Crippen MR) is 57.5 cm³/mol. The fraction of sp³-hybridized carbons (Fsp3) is 0.417. The monoisotopic (exact) mass is 223 g/mol. The highest BCUT2D eigenvalue weighted by Gasteiger charge is 2.05. The summed E-state index contributed by atoms with van der Waals surface area (Å²) in [6, 6.07) is 5.07. The van der Waals surface area contributed by atoms with E-state index in [1.54, 1.807) is 18.2 Å². The van der Waals surface area contributed by atoms with Gasteiger partial charge < -0.3 is 19.4 Å². The van der Waals surface area contributed by atoms with Crippen molar-refractivity contribution in [3.63, 3.8) is 0 Å². The fourth-order valence-electron chi connectivity index (χ4n) is 1.32. The van der Waals surface area contributed by atoms with Crippen LogP contribution in [0.25, 0.3) is 0 Å². The molecule has 1 aromatic rings. The second-order valence-corrected chi connectivity index (χ2v) is 3.38. The van der Waals surface area contributed by atoms with Gasteiger partial charge in [-0.1, -0.05) is 13.0 Å². The van der Waals surface area contributed by atoms with Gasteiger partial charge in [-0.3, -0.25) is 0 Å². The summed E-state index contributed by atoms with van der Waals surface area (Å²) < 4.78 is 10.6. The Morgan fingerprint density at radius 1 is 1.38 bits per heavy atom. The quantitative estimate of drug-likeness (QED) is 0.715. The van der Waals surface area contributed by atoms with E-state index in [1.165, 1.54) is 7.11 Å². The number of aliphatic carboxylic acids is 1. The Labute approximate surface area is 94.8 Å². The molecule has 0 amide bonds. The maximum Gasteiger partial charge on any atom is 0.161 e. The maximum atomic E-state index is 10.4. The van der Waals surface area contributed by atoms with Gasteiger partial charge in [-0.15, -0.1) is 0 Å². The number of hydrogen-bond acceptors (Lipinski definition) is 4. The first kappa shape index (κ1) is 12.4. The maximum absolute atomic E-state index is 10.4. The van der Waals surface area contributed by atoms with Crippen LogP contribution in [0, 0.1) is 0 Å². The summed E-state index contributed by atoms with van der Waals surface area (Å²) in [5, 5.41) is 10.4. The highest BCUT2D eigenvalue weighted by molar-refractivity contribution is 5.68. The highest BCUT2D eigenvalue weighted by Crippen LogP contribution is 2.28. The van der Waals surface area contributed by atoms with Crippen LogP contribution < -0.4 is 14.6 Å². The Morgan fingerprint density at radius 2 is 2.12 bits per heavy atom. The van der Waals surface area contributed by atoms with Crippen molar-refractivity contribution >= 4 is 5.97 Å². The SMILES string of the molecule is CCCOc1ccc(CC(=O)[O-])cc1OC. The third-order valence-electron chi connectivity index (χ3n) is 2.04. The van der Waals surface area contributed by atoms with Gasteiger partial charge in [0.05, 0.1) is 13.7 Å². The highest BCUT2D eigenvalue weighted by atomic mass is 16.5. The first-order valence-corrected chi connectivity index (χ1v) is 5.17. The number of methoxy groups -OCH3 is 1. The molecule has 0 saturated carbocycles. The first-order chi connectivity index (χ1) is 7.67. The van der Waals surface area contributed by atoms with Gasteiger partial charge in [0.25, 0.3) is 0 Å². The summed E-state index contributed by atoms with van der Waals surface area (Å²) >= 11 is 0. The lowest BCUT2D eigenvalue weighted by Crippen LogP contribution is -2.24. The number of hydrogen-bond donors (Lipinski definition) is 0. The molecular weight excluding hydrogens is 208 g/mol. The lowest BCUT2D eigenvalue weighted by molar-refractivity contribution is -0.304. The number of carbonyl (C=O) groups is 1. The number of carboxylic acids is 1. The van der Waals surface area contributed by atoms with E-state index in [9.17, 15) is 9.90 Å². The normalized spacial score (nSPS) is 9.88. The number of carbonyl (C=O) groups excluding carboxylic acids is 1. The van der Waals surface area contributed by atoms with Crippen LogP contribution in [0.15, 0.2) is 18.2 Å². The molecule has 0 aliphatic rings. The number of rotatable bonds is 6. The Hall–Kier alpha value is -1.71. The van der Waals surface area contributed by atoms with Gasteiger partial charge in [-0.2, -0.15) is 0 Å². The molecule has 0 N–H and O–H groups in total. The van der Waals surface area contributed by atoms with Gasteiger partial charge >= 0.3 is 0 Å². The number of carboxylic acid groups (broad SMARTS) is 1. The van der Waals surface area contributed by atoms with E-state index in [-0.39, 0.29) is 6.42 Å². The standard InChI is InChI=1S/C12H16O4/c1-3-6-16-10-5-4-9(8-12(13)14)7-11(10)15-2/h4-5,7H,3,6,8H2,1-2H3,(H,13,14)/p-1. The van der Waals surface area contributed by atoms with Crippen LogP contribution in [0.4, 0.5) is 0 Å². The molecule has 0 aliphatic heterocycles. The average Bonchev–Trinajstić information content (AvgIpc) is 2.26. The summed E-state index contributed by atoms with van der Waals surface area (Å²) in [6.07, 6.45) is 0.786. The molecule has 0 spiro atoms. The zero-order valence-electron chi connectivity index (χ0n) is 9.49. The third kappa shape index (κ3) is 3.46. The van der Waals surface area contributed by atoms with Gasteiger partial charge in [-0.05, 0) is 24.1 Å². The van der Waals surface area contributed by atoms with Crippen molar-refractivity contribution in [3.05, 3.63) is 23.8 Å². The van der Waals surface area contributed by atoms with E-state index in [2.05, 4.69) is 0 Å². The van der Waals surface area contributed by atoms with Crippen LogP contribution in [0.5, 0.6) is 11.5 Å². The zero-order valence-corrected chi connectivity index (χ0v) is 9.49. The van der Waals surface area contributed by atoms with E-state index in [1.807, 2.05) is 6.92 Å². The molecule has 1 aromatic carbocycles. The van der Waals surface area contributed by atoms with Crippen LogP contribution in [0.2, 0.25) is 0 Å².